The molecule has 3 heterocycles. The summed E-state index contributed by atoms with van der Waals surface area (Å²) in [7, 11) is 0. The van der Waals surface area contributed by atoms with Gasteiger partial charge >= 0.3 is 6.03 Å². The van der Waals surface area contributed by atoms with Crippen LogP contribution in [0.2, 0.25) is 0 Å². The number of aromatic nitrogens is 3. The summed E-state index contributed by atoms with van der Waals surface area (Å²) in [5, 5.41) is 5.67. The van der Waals surface area contributed by atoms with Gasteiger partial charge in [-0.2, -0.15) is 0 Å². The lowest BCUT2D eigenvalue weighted by Crippen LogP contribution is -2.19. The molecule has 2 amide bonds. The first-order valence-electron chi connectivity index (χ1n) is 10.5. The van der Waals surface area contributed by atoms with Crippen LogP contribution >= 0.6 is 0 Å². The van der Waals surface area contributed by atoms with E-state index in [9.17, 15) is 18.4 Å². The summed E-state index contributed by atoms with van der Waals surface area (Å²) in [5.74, 6) is -2.34. The third kappa shape index (κ3) is 4.60. The molecule has 0 aliphatic heterocycles. The molecule has 3 aromatic heterocycles. The molecule has 0 unspecified atom stereocenters. The van der Waals surface area contributed by atoms with E-state index in [2.05, 4.69) is 25.6 Å². The van der Waals surface area contributed by atoms with Gasteiger partial charge in [-0.05, 0) is 36.4 Å². The van der Waals surface area contributed by atoms with Gasteiger partial charge in [-0.3, -0.25) is 9.78 Å². The second kappa shape index (κ2) is 9.14. The number of pyridine rings is 2. The molecule has 0 saturated carbocycles. The van der Waals surface area contributed by atoms with Crippen LogP contribution < -0.4 is 10.6 Å². The number of rotatable bonds is 5. The summed E-state index contributed by atoms with van der Waals surface area (Å²) in [6, 6.07) is 14.4. The number of aromatic amines is 1. The van der Waals surface area contributed by atoms with Crippen molar-refractivity contribution < 1.29 is 18.4 Å². The van der Waals surface area contributed by atoms with Gasteiger partial charge in [0.15, 0.2) is 17.4 Å². The van der Waals surface area contributed by atoms with Gasteiger partial charge in [0.25, 0.3) is 0 Å². The van der Waals surface area contributed by atoms with Crippen molar-refractivity contribution in [2.24, 2.45) is 0 Å². The molecule has 172 valence electrons. The van der Waals surface area contributed by atoms with Crippen LogP contribution in [0.4, 0.5) is 25.0 Å². The van der Waals surface area contributed by atoms with E-state index >= 15 is 0 Å². The number of hydrogen-bond donors (Lipinski definition) is 3. The lowest BCUT2D eigenvalue weighted by molar-refractivity contribution is 0.104. The monoisotopic (exact) mass is 469 g/mol. The molecule has 5 aromatic rings. The fourth-order valence-electron chi connectivity index (χ4n) is 3.64. The summed E-state index contributed by atoms with van der Waals surface area (Å²) in [6.07, 6.45) is 6.71. The molecule has 0 spiro atoms. The minimum absolute atomic E-state index is 0.0874. The first-order valence-corrected chi connectivity index (χ1v) is 10.5. The molecule has 9 heteroatoms. The smallest absolute Gasteiger partial charge is 0.323 e. The van der Waals surface area contributed by atoms with Gasteiger partial charge in [0.1, 0.15) is 5.65 Å². The first-order chi connectivity index (χ1) is 17.0. The summed E-state index contributed by atoms with van der Waals surface area (Å²) in [6.45, 7) is 0. The molecule has 35 heavy (non-hydrogen) atoms. The first kappa shape index (κ1) is 21.9. The standard InChI is InChI=1S/C26H17F2N5O2/c27-22-7-6-19(11-23(22)28)33-26(35)32-18-5-1-3-15(9-18)24(34)21-14-31-25-20(21)10-17(13-30-25)16-4-2-8-29-12-16/h1-14H,(H,30,31)(H2,32,33,35). The number of anilines is 2. The predicted octanol–water partition coefficient (Wildman–Crippen LogP) is 5.78. The van der Waals surface area contributed by atoms with Gasteiger partial charge in [-0.15, -0.1) is 0 Å². The Balaban J connectivity index is 1.37. The van der Waals surface area contributed by atoms with Crippen molar-refractivity contribution >= 4 is 34.2 Å². The molecular formula is C26H17F2N5O2. The fourth-order valence-corrected chi connectivity index (χ4v) is 3.64. The number of ketones is 1. The Hall–Kier alpha value is -4.92. The van der Waals surface area contributed by atoms with Crippen molar-refractivity contribution in [1.29, 1.82) is 0 Å². The summed E-state index contributed by atoms with van der Waals surface area (Å²) in [4.78, 5) is 37.1. The van der Waals surface area contributed by atoms with E-state index in [1.54, 1.807) is 43.0 Å². The van der Waals surface area contributed by atoms with Crippen LogP contribution in [0.25, 0.3) is 22.2 Å². The zero-order valence-electron chi connectivity index (χ0n) is 18.0. The second-order valence-corrected chi connectivity index (χ2v) is 7.68. The minimum Gasteiger partial charge on any atom is -0.345 e. The lowest BCUT2D eigenvalue weighted by atomic mass is 10.0. The highest BCUT2D eigenvalue weighted by Gasteiger charge is 2.17. The van der Waals surface area contributed by atoms with Crippen molar-refractivity contribution in [2.45, 2.75) is 0 Å². The number of urea groups is 1. The van der Waals surface area contributed by atoms with Crippen molar-refractivity contribution in [2.75, 3.05) is 10.6 Å². The maximum atomic E-state index is 13.4. The van der Waals surface area contributed by atoms with E-state index in [1.807, 2.05) is 18.2 Å². The van der Waals surface area contributed by atoms with E-state index in [0.29, 0.717) is 27.8 Å². The van der Waals surface area contributed by atoms with Crippen LogP contribution in [-0.4, -0.2) is 26.8 Å². The van der Waals surface area contributed by atoms with E-state index in [4.69, 9.17) is 0 Å². The highest BCUT2D eigenvalue weighted by molar-refractivity contribution is 6.16. The van der Waals surface area contributed by atoms with E-state index in [-0.39, 0.29) is 11.5 Å². The topological polar surface area (TPSA) is 99.8 Å². The number of halogens is 2. The van der Waals surface area contributed by atoms with Crippen LogP contribution in [0.1, 0.15) is 15.9 Å². The Morgan fingerprint density at radius 3 is 2.43 bits per heavy atom. The average Bonchev–Trinajstić information content (AvgIpc) is 3.30. The third-order valence-corrected chi connectivity index (χ3v) is 5.33. The molecule has 5 rings (SSSR count). The maximum Gasteiger partial charge on any atom is 0.323 e. The van der Waals surface area contributed by atoms with E-state index < -0.39 is 17.7 Å². The molecule has 0 fully saturated rings. The van der Waals surface area contributed by atoms with E-state index in [0.717, 1.165) is 23.3 Å². The van der Waals surface area contributed by atoms with Gasteiger partial charge in [0, 0.05) is 69.9 Å². The molecule has 0 saturated heterocycles. The summed E-state index contributed by atoms with van der Waals surface area (Å²) in [5.41, 5.74) is 3.49. The van der Waals surface area contributed by atoms with Crippen LogP contribution in [0.15, 0.2) is 85.5 Å². The Morgan fingerprint density at radius 1 is 0.829 bits per heavy atom. The fraction of sp³-hybridized carbons (Fsp3) is 0. The molecule has 0 aliphatic carbocycles. The third-order valence-electron chi connectivity index (χ3n) is 5.33. The Kier molecular flexibility index (Phi) is 5.72. The molecule has 7 nitrogen and oxygen atoms in total. The molecular weight excluding hydrogens is 452 g/mol. The van der Waals surface area contributed by atoms with Gasteiger partial charge in [-0.25, -0.2) is 18.6 Å². The Bertz CT molecular complexity index is 1570. The van der Waals surface area contributed by atoms with Crippen LogP contribution in [0.3, 0.4) is 0 Å². The number of amides is 2. The minimum atomic E-state index is -1.07. The van der Waals surface area contributed by atoms with Gasteiger partial charge in [0.05, 0.1) is 0 Å². The highest BCUT2D eigenvalue weighted by Crippen LogP contribution is 2.26. The van der Waals surface area contributed by atoms with Gasteiger partial charge in [-0.1, -0.05) is 18.2 Å². The quantitative estimate of drug-likeness (QED) is 0.284. The van der Waals surface area contributed by atoms with Gasteiger partial charge < -0.3 is 15.6 Å². The molecule has 0 radical (unpaired) electrons. The van der Waals surface area contributed by atoms with E-state index in [1.165, 1.54) is 12.1 Å². The lowest BCUT2D eigenvalue weighted by Gasteiger charge is -2.09. The highest BCUT2D eigenvalue weighted by atomic mass is 19.2. The average molecular weight is 469 g/mol. The van der Waals surface area contributed by atoms with Crippen LogP contribution in [0.5, 0.6) is 0 Å². The molecule has 0 atom stereocenters. The number of fused-ring (bicyclic) bond motifs is 1. The number of nitrogens with zero attached hydrogens (tertiary/aromatic N) is 2. The maximum absolute atomic E-state index is 13.4. The zero-order chi connectivity index (χ0) is 24.4. The van der Waals surface area contributed by atoms with Crippen molar-refractivity contribution in [3.05, 3.63) is 108 Å². The molecule has 2 aromatic carbocycles. The van der Waals surface area contributed by atoms with Crippen molar-refractivity contribution in [3.8, 4) is 11.1 Å². The van der Waals surface area contributed by atoms with Crippen LogP contribution in [0, 0.1) is 11.6 Å². The zero-order valence-corrected chi connectivity index (χ0v) is 18.0. The second-order valence-electron chi connectivity index (χ2n) is 7.68. The number of carbonyl (C=O) groups excluding carboxylic acids is 2. The largest absolute Gasteiger partial charge is 0.345 e. The number of benzene rings is 2. The molecule has 0 bridgehead atoms. The van der Waals surface area contributed by atoms with Gasteiger partial charge in [0.2, 0.25) is 0 Å². The predicted molar refractivity (Wildman–Crippen MR) is 128 cm³/mol. The Labute approximate surface area is 197 Å². The number of nitrogens with one attached hydrogen (secondary N) is 3. The number of carbonyl (C=O) groups is 2. The van der Waals surface area contributed by atoms with Crippen molar-refractivity contribution in [3.63, 3.8) is 0 Å². The van der Waals surface area contributed by atoms with Crippen molar-refractivity contribution in [1.82, 2.24) is 15.0 Å². The molecule has 3 N–H and O–H groups in total. The number of hydrogen-bond acceptors (Lipinski definition) is 4. The van der Waals surface area contributed by atoms with Crippen LogP contribution in [-0.2, 0) is 0 Å². The number of H-pyrrole nitrogens is 1. The SMILES string of the molecule is O=C(Nc1cccc(C(=O)c2c[nH]c3ncc(-c4cccnc4)cc23)c1)Nc1ccc(F)c(F)c1. The summed E-state index contributed by atoms with van der Waals surface area (Å²) >= 11 is 0. The summed E-state index contributed by atoms with van der Waals surface area (Å²) < 4.78 is 26.5. The Morgan fingerprint density at radius 2 is 1.66 bits per heavy atom. The normalized spacial score (nSPS) is 10.8. The molecule has 0 aliphatic rings.